The van der Waals surface area contributed by atoms with Crippen molar-refractivity contribution in [3.8, 4) is 11.3 Å². The minimum Gasteiger partial charge on any atom is -0.383 e. The molecule has 0 aromatic carbocycles. The van der Waals surface area contributed by atoms with Gasteiger partial charge in [0.2, 0.25) is 0 Å². The molecule has 30 heavy (non-hydrogen) atoms. The van der Waals surface area contributed by atoms with E-state index in [0.717, 1.165) is 38.1 Å². The van der Waals surface area contributed by atoms with E-state index in [2.05, 4.69) is 14.5 Å². The molecule has 6 fully saturated rings. The Kier molecular flexibility index (Phi) is 3.14. The van der Waals surface area contributed by atoms with Gasteiger partial charge in [-0.3, -0.25) is 4.90 Å². The van der Waals surface area contributed by atoms with Gasteiger partial charge in [-0.2, -0.15) is 13.2 Å². The Hall–Kier alpha value is -2.13. The third-order valence-electron chi connectivity index (χ3n) is 7.90. The molecular weight excluding hydrogens is 395 g/mol. The number of aromatic nitrogens is 3. The molecule has 158 valence electrons. The van der Waals surface area contributed by atoms with Crippen LogP contribution in [0.5, 0.6) is 0 Å². The van der Waals surface area contributed by atoms with Crippen molar-refractivity contribution in [1.29, 1.82) is 0 Å². The van der Waals surface area contributed by atoms with Crippen LogP contribution in [0.2, 0.25) is 0 Å². The first kappa shape index (κ1) is 17.5. The van der Waals surface area contributed by atoms with Gasteiger partial charge in [-0.25, -0.2) is 9.97 Å². The zero-order chi connectivity index (χ0) is 20.4. The maximum absolute atomic E-state index is 13.3. The molecule has 3 aliphatic carbocycles. The summed E-state index contributed by atoms with van der Waals surface area (Å²) in [6.45, 7) is 2.72. The Morgan fingerprint density at radius 1 is 1.27 bits per heavy atom. The van der Waals surface area contributed by atoms with Gasteiger partial charge < -0.3 is 15.0 Å². The van der Waals surface area contributed by atoms with Gasteiger partial charge in [0.05, 0.1) is 36.1 Å². The van der Waals surface area contributed by atoms with E-state index < -0.39 is 17.6 Å². The number of pyridine rings is 1. The molecule has 3 saturated heterocycles. The van der Waals surface area contributed by atoms with Gasteiger partial charge in [0.1, 0.15) is 11.6 Å². The molecule has 9 heteroatoms. The SMILES string of the molecule is Nc1ncc(-c2cn(C34C5[C@@H]3[C@@H]4CN5C3COC3)c(CC3CC3)n2)cc1C(F)(F)F. The Morgan fingerprint density at radius 2 is 2.07 bits per heavy atom. The van der Waals surface area contributed by atoms with E-state index in [1.807, 2.05) is 6.20 Å². The number of piperidine rings is 1. The highest BCUT2D eigenvalue weighted by atomic mass is 19.4. The van der Waals surface area contributed by atoms with Gasteiger partial charge in [0.15, 0.2) is 0 Å². The minimum absolute atomic E-state index is 0.110. The van der Waals surface area contributed by atoms with Crippen molar-refractivity contribution in [1.82, 2.24) is 19.4 Å². The lowest BCUT2D eigenvalue weighted by molar-refractivity contribution is -0.137. The third-order valence-corrected chi connectivity index (χ3v) is 7.90. The lowest BCUT2D eigenvalue weighted by Crippen LogP contribution is -2.48. The fraction of sp³-hybridized carbons (Fsp3) is 0.619. The van der Waals surface area contributed by atoms with Crippen LogP contribution in [0.15, 0.2) is 18.5 Å². The largest absolute Gasteiger partial charge is 0.419 e. The summed E-state index contributed by atoms with van der Waals surface area (Å²) in [6.07, 6.45) is 2.15. The predicted octanol–water partition coefficient (Wildman–Crippen LogP) is 2.54. The summed E-state index contributed by atoms with van der Waals surface area (Å²) < 4.78 is 47.7. The number of alkyl halides is 3. The molecule has 0 radical (unpaired) electrons. The third kappa shape index (κ3) is 2.17. The maximum Gasteiger partial charge on any atom is 0.419 e. The van der Waals surface area contributed by atoms with Crippen molar-refractivity contribution in [3.05, 3.63) is 29.8 Å². The highest BCUT2D eigenvalue weighted by molar-refractivity contribution is 5.63. The molecule has 2 aromatic rings. The second-order valence-corrected chi connectivity index (χ2v) is 9.57. The van der Waals surface area contributed by atoms with Crippen LogP contribution >= 0.6 is 0 Å². The lowest BCUT2D eigenvalue weighted by atomic mass is 10.1. The summed E-state index contributed by atoms with van der Waals surface area (Å²) in [5, 5.41) is 0. The van der Waals surface area contributed by atoms with Crippen molar-refractivity contribution >= 4 is 5.82 Å². The molecule has 2 bridgehead atoms. The Balaban J connectivity index is 1.26. The molecule has 3 aliphatic heterocycles. The van der Waals surface area contributed by atoms with Crippen LogP contribution in [-0.4, -0.2) is 51.3 Å². The van der Waals surface area contributed by atoms with E-state index in [1.54, 1.807) is 0 Å². The molecule has 2 aromatic heterocycles. The molecule has 2 unspecified atom stereocenters. The highest BCUT2D eigenvalue weighted by Gasteiger charge is 2.94. The zero-order valence-corrected chi connectivity index (χ0v) is 16.3. The molecule has 0 amide bonds. The monoisotopic (exact) mass is 417 g/mol. The van der Waals surface area contributed by atoms with Crippen molar-refractivity contribution in [2.24, 2.45) is 17.8 Å². The normalized spacial score (nSPS) is 34.7. The average Bonchev–Trinajstić information content (AvgIpc) is 3.57. The predicted molar refractivity (Wildman–Crippen MR) is 101 cm³/mol. The molecule has 6 aliphatic rings. The van der Waals surface area contributed by atoms with Crippen molar-refractivity contribution in [2.45, 2.75) is 43.1 Å². The Bertz CT molecular complexity index is 1050. The molecule has 0 spiro atoms. The number of imidazole rings is 1. The topological polar surface area (TPSA) is 69.2 Å². The standard InChI is InChI=1S/C21H22F3N5O/c22-21(23,24)13-4-11(5-26-19(13)25)15-7-29(16(27-15)3-10-1-2-10)20-14-6-28(12-8-30-9-12)18(20)17(14)20/h4-5,7,10,12,14,17-18H,1-3,6,8-9H2,(H2,25,26)/t14-,17-,18?,20?/m0/s1. The molecule has 5 heterocycles. The smallest absolute Gasteiger partial charge is 0.383 e. The van der Waals surface area contributed by atoms with E-state index in [-0.39, 0.29) is 5.54 Å². The van der Waals surface area contributed by atoms with Gasteiger partial charge >= 0.3 is 6.18 Å². The first-order valence-corrected chi connectivity index (χ1v) is 10.6. The van der Waals surface area contributed by atoms with Crippen molar-refractivity contribution in [3.63, 3.8) is 0 Å². The second-order valence-electron chi connectivity index (χ2n) is 9.57. The summed E-state index contributed by atoms with van der Waals surface area (Å²) >= 11 is 0. The van der Waals surface area contributed by atoms with E-state index in [9.17, 15) is 13.2 Å². The maximum atomic E-state index is 13.3. The van der Waals surface area contributed by atoms with Crippen molar-refractivity contribution < 1.29 is 17.9 Å². The summed E-state index contributed by atoms with van der Waals surface area (Å²) in [5.74, 6) is 2.46. The van der Waals surface area contributed by atoms with Crippen LogP contribution in [0.4, 0.5) is 19.0 Å². The van der Waals surface area contributed by atoms with Gasteiger partial charge in [-0.15, -0.1) is 0 Å². The minimum atomic E-state index is -4.53. The first-order chi connectivity index (χ1) is 14.4. The Morgan fingerprint density at radius 3 is 2.70 bits per heavy atom. The fourth-order valence-corrected chi connectivity index (χ4v) is 6.02. The number of nitrogens with zero attached hydrogens (tertiary/aromatic N) is 4. The number of hydrogen-bond donors (Lipinski definition) is 1. The van der Waals surface area contributed by atoms with Crippen LogP contribution < -0.4 is 5.73 Å². The summed E-state index contributed by atoms with van der Waals surface area (Å²) in [7, 11) is 0. The highest BCUT2D eigenvalue weighted by Crippen LogP contribution is 2.84. The van der Waals surface area contributed by atoms with E-state index in [4.69, 9.17) is 15.5 Å². The van der Waals surface area contributed by atoms with E-state index >= 15 is 0 Å². The Labute approximate surface area is 171 Å². The van der Waals surface area contributed by atoms with Gasteiger partial charge in [0.25, 0.3) is 0 Å². The number of ether oxygens (including phenoxy) is 1. The molecule has 6 nitrogen and oxygen atoms in total. The lowest BCUT2D eigenvalue weighted by Gasteiger charge is -2.34. The van der Waals surface area contributed by atoms with Gasteiger partial charge in [-0.05, 0) is 24.8 Å². The summed E-state index contributed by atoms with van der Waals surface area (Å²) in [6, 6.07) is 2.14. The fourth-order valence-electron chi connectivity index (χ4n) is 6.02. The van der Waals surface area contributed by atoms with Crippen molar-refractivity contribution in [2.75, 3.05) is 25.5 Å². The number of anilines is 1. The molecule has 3 saturated carbocycles. The average molecular weight is 417 g/mol. The molecule has 4 atom stereocenters. The molecule has 8 rings (SSSR count). The number of hydrogen-bond acceptors (Lipinski definition) is 5. The summed E-state index contributed by atoms with van der Waals surface area (Å²) in [4.78, 5) is 11.2. The number of fused-ring (bicyclic) bond motifs is 1. The van der Waals surface area contributed by atoms with Gasteiger partial charge in [0, 0.05) is 48.8 Å². The van der Waals surface area contributed by atoms with E-state index in [0.29, 0.717) is 41.1 Å². The van der Waals surface area contributed by atoms with Crippen LogP contribution in [-0.2, 0) is 22.9 Å². The first-order valence-electron chi connectivity index (χ1n) is 10.6. The van der Waals surface area contributed by atoms with Crippen LogP contribution in [0, 0.1) is 17.8 Å². The molecular formula is C21H22F3N5O. The zero-order valence-electron chi connectivity index (χ0n) is 16.3. The second kappa shape index (κ2) is 5.37. The summed E-state index contributed by atoms with van der Waals surface area (Å²) in [5.41, 5.74) is 5.63. The van der Waals surface area contributed by atoms with Crippen LogP contribution in [0.3, 0.4) is 0 Å². The number of nitrogen functional groups attached to an aromatic ring is 1. The molecule has 2 N–H and O–H groups in total. The number of rotatable bonds is 5. The quantitative estimate of drug-likeness (QED) is 0.810. The number of nitrogens with two attached hydrogens (primary N) is 1. The van der Waals surface area contributed by atoms with E-state index in [1.165, 1.54) is 19.0 Å². The van der Waals surface area contributed by atoms with Gasteiger partial charge in [-0.1, -0.05) is 0 Å². The van der Waals surface area contributed by atoms with Crippen LogP contribution in [0.1, 0.15) is 24.2 Å². The number of halogens is 3. The van der Waals surface area contributed by atoms with Crippen LogP contribution in [0.25, 0.3) is 11.3 Å².